The summed E-state index contributed by atoms with van der Waals surface area (Å²) in [6.07, 6.45) is 0.140. The van der Waals surface area contributed by atoms with Gasteiger partial charge in [0.15, 0.2) is 5.13 Å². The zero-order valence-electron chi connectivity index (χ0n) is 16.6. The molecule has 0 bridgehead atoms. The summed E-state index contributed by atoms with van der Waals surface area (Å²) in [6.45, 7) is 2.88. The second-order valence-corrected chi connectivity index (χ2v) is 8.42. The van der Waals surface area contributed by atoms with Gasteiger partial charge < -0.3 is 25.6 Å². The number of β-amino-alcohol motifs (C(OH)–C–C–N with tert-alkyl or cyclic N) is 1. The van der Waals surface area contributed by atoms with Gasteiger partial charge in [-0.1, -0.05) is 0 Å². The van der Waals surface area contributed by atoms with E-state index >= 15 is 0 Å². The molecule has 166 valence electrons. The van der Waals surface area contributed by atoms with Crippen LogP contribution in [0.15, 0.2) is 12.4 Å². The molecule has 13 heteroatoms. The fraction of sp³-hybridized carbons (Fsp3) is 0.500. The molecule has 2 aliphatic rings. The molecule has 2 amide bonds. The van der Waals surface area contributed by atoms with Gasteiger partial charge in [0.1, 0.15) is 17.8 Å². The van der Waals surface area contributed by atoms with Gasteiger partial charge in [-0.05, 0) is 6.42 Å². The molecule has 2 aromatic heterocycles. The predicted molar refractivity (Wildman–Crippen MR) is 111 cm³/mol. The number of fused-ring (bicyclic) bond motifs is 1. The van der Waals surface area contributed by atoms with Crippen molar-refractivity contribution in [3.63, 3.8) is 0 Å². The van der Waals surface area contributed by atoms with Crippen LogP contribution in [0.1, 0.15) is 21.1 Å². The average molecular weight is 449 g/mol. The Hall–Kier alpha value is -2.87. The van der Waals surface area contributed by atoms with Crippen LogP contribution >= 0.6 is 11.3 Å². The van der Waals surface area contributed by atoms with Crippen molar-refractivity contribution >= 4 is 34.3 Å². The largest absolute Gasteiger partial charge is 0.465 e. The first-order valence-corrected chi connectivity index (χ1v) is 10.6. The Kier molecular flexibility index (Phi) is 6.56. The lowest BCUT2D eigenvalue weighted by molar-refractivity contribution is 0.0209. The highest BCUT2D eigenvalue weighted by atomic mass is 32.1. The lowest BCUT2D eigenvalue weighted by atomic mass is 10.1. The fourth-order valence-electron chi connectivity index (χ4n) is 3.31. The fourth-order valence-corrected chi connectivity index (χ4v) is 4.25. The molecule has 0 radical (unpaired) electrons. The third-order valence-electron chi connectivity index (χ3n) is 4.88. The minimum Gasteiger partial charge on any atom is -0.465 e. The molecule has 2 aromatic rings. The number of carboxylic acid groups (broad SMARTS) is 1. The highest BCUT2D eigenvalue weighted by molar-refractivity contribution is 7.15. The number of aliphatic hydroxyl groups is 1. The molecule has 5 N–H and O–H groups in total. The molecule has 31 heavy (non-hydrogen) atoms. The van der Waals surface area contributed by atoms with Crippen molar-refractivity contribution in [2.45, 2.75) is 25.1 Å². The van der Waals surface area contributed by atoms with Crippen molar-refractivity contribution < 1.29 is 24.5 Å². The van der Waals surface area contributed by atoms with Crippen LogP contribution in [-0.2, 0) is 17.7 Å². The van der Waals surface area contributed by atoms with Gasteiger partial charge in [-0.25, -0.2) is 19.7 Å². The van der Waals surface area contributed by atoms with Crippen LogP contribution in [0.2, 0.25) is 0 Å². The Labute approximate surface area is 181 Å². The molecule has 4 rings (SSSR count). The van der Waals surface area contributed by atoms with Crippen LogP contribution in [-0.4, -0.2) is 87.1 Å². The summed E-state index contributed by atoms with van der Waals surface area (Å²) < 4.78 is 5.10. The number of anilines is 2. The van der Waals surface area contributed by atoms with Gasteiger partial charge >= 0.3 is 6.09 Å². The summed E-state index contributed by atoms with van der Waals surface area (Å²) in [5.74, 6) is 0.164. The topological polar surface area (TPSA) is 162 Å². The SMILES string of the molecule is O=C(O)Nc1nc2c(s1)CCN(CC(O)CNC(=O)c1cc(NC3COC3)ncn1)C2. The highest BCUT2D eigenvalue weighted by Crippen LogP contribution is 2.28. The number of rotatable bonds is 8. The maximum atomic E-state index is 12.4. The number of thiazole rings is 1. The van der Waals surface area contributed by atoms with Gasteiger partial charge in [0.05, 0.1) is 31.1 Å². The van der Waals surface area contributed by atoms with E-state index in [4.69, 9.17) is 9.84 Å². The van der Waals surface area contributed by atoms with Gasteiger partial charge in [-0.15, -0.1) is 11.3 Å². The Morgan fingerprint density at radius 2 is 2.19 bits per heavy atom. The maximum absolute atomic E-state index is 12.4. The van der Waals surface area contributed by atoms with Crippen LogP contribution < -0.4 is 16.0 Å². The number of nitrogens with one attached hydrogen (secondary N) is 3. The number of nitrogens with zero attached hydrogens (tertiary/aromatic N) is 4. The lowest BCUT2D eigenvalue weighted by Crippen LogP contribution is -2.42. The van der Waals surface area contributed by atoms with E-state index in [1.165, 1.54) is 17.7 Å². The third-order valence-corrected chi connectivity index (χ3v) is 5.95. The summed E-state index contributed by atoms with van der Waals surface area (Å²) in [4.78, 5) is 38.6. The average Bonchev–Trinajstić information content (AvgIpc) is 3.10. The van der Waals surface area contributed by atoms with Crippen LogP contribution in [0, 0.1) is 0 Å². The summed E-state index contributed by atoms with van der Waals surface area (Å²) in [5.41, 5.74) is 1.03. The van der Waals surface area contributed by atoms with E-state index in [2.05, 4.69) is 30.9 Å². The first-order chi connectivity index (χ1) is 15.0. The molecule has 1 fully saturated rings. The molecular weight excluding hydrogens is 426 g/mol. The van der Waals surface area contributed by atoms with Gasteiger partial charge in [0.25, 0.3) is 5.91 Å². The molecule has 0 aliphatic carbocycles. The smallest absolute Gasteiger partial charge is 0.410 e. The zero-order chi connectivity index (χ0) is 21.8. The lowest BCUT2D eigenvalue weighted by Gasteiger charge is -2.28. The van der Waals surface area contributed by atoms with Crippen LogP contribution in [0.25, 0.3) is 0 Å². The van der Waals surface area contributed by atoms with Crippen molar-refractivity contribution in [1.29, 1.82) is 0 Å². The van der Waals surface area contributed by atoms with Crippen LogP contribution in [0.5, 0.6) is 0 Å². The number of carbonyl (C=O) groups is 2. The molecule has 1 atom stereocenters. The maximum Gasteiger partial charge on any atom is 0.410 e. The van der Waals surface area contributed by atoms with Crippen molar-refractivity contribution in [2.75, 3.05) is 43.5 Å². The standard InChI is InChI=1S/C18H23N7O5S/c26-11(5-25-2-1-14-13(6-25)23-17(31-14)24-18(28)29)4-19-16(27)12-3-15(21-9-20-12)22-10-7-30-8-10/h3,9-11,26H,1-2,4-8H2,(H,19,27)(H,23,24)(H,28,29)(H,20,21,22). The third kappa shape index (κ3) is 5.64. The molecule has 2 aliphatic heterocycles. The van der Waals surface area contributed by atoms with E-state index in [0.29, 0.717) is 37.3 Å². The zero-order valence-corrected chi connectivity index (χ0v) is 17.4. The first kappa shape index (κ1) is 21.4. The summed E-state index contributed by atoms with van der Waals surface area (Å²) >= 11 is 1.33. The Morgan fingerprint density at radius 1 is 1.35 bits per heavy atom. The van der Waals surface area contributed by atoms with Gasteiger partial charge in [-0.3, -0.25) is 15.0 Å². The number of aromatic nitrogens is 3. The number of hydrogen-bond donors (Lipinski definition) is 5. The van der Waals surface area contributed by atoms with Crippen LogP contribution in [0.3, 0.4) is 0 Å². The van der Waals surface area contributed by atoms with Gasteiger partial charge in [0.2, 0.25) is 0 Å². The molecule has 0 aromatic carbocycles. The van der Waals surface area contributed by atoms with Crippen molar-refractivity contribution in [2.24, 2.45) is 0 Å². The predicted octanol–water partition coefficient (Wildman–Crippen LogP) is -0.0173. The monoisotopic (exact) mass is 449 g/mol. The van der Waals surface area contributed by atoms with E-state index in [-0.39, 0.29) is 24.2 Å². The second kappa shape index (κ2) is 9.51. The molecule has 4 heterocycles. The Bertz CT molecular complexity index is 951. The number of carbonyl (C=O) groups excluding carboxylic acids is 1. The van der Waals surface area contributed by atoms with Crippen molar-refractivity contribution in [3.05, 3.63) is 28.7 Å². The minimum absolute atomic E-state index is 0.0777. The number of amides is 2. The Balaban J connectivity index is 1.24. The number of aliphatic hydroxyl groups excluding tert-OH is 1. The minimum atomic E-state index is -1.14. The van der Waals surface area contributed by atoms with Gasteiger partial charge in [0, 0.05) is 37.1 Å². The molecular formula is C18H23N7O5S. The number of hydrogen-bond acceptors (Lipinski definition) is 10. The van der Waals surface area contributed by atoms with Crippen molar-refractivity contribution in [1.82, 2.24) is 25.2 Å². The summed E-state index contributed by atoms with van der Waals surface area (Å²) in [5, 5.41) is 27.7. The van der Waals surface area contributed by atoms with E-state index in [9.17, 15) is 14.7 Å². The molecule has 0 spiro atoms. The summed E-state index contributed by atoms with van der Waals surface area (Å²) in [7, 11) is 0. The van der Waals surface area contributed by atoms with E-state index in [1.807, 2.05) is 4.90 Å². The molecule has 0 saturated carbocycles. The van der Waals surface area contributed by atoms with Gasteiger partial charge in [-0.2, -0.15) is 0 Å². The van der Waals surface area contributed by atoms with Crippen molar-refractivity contribution in [3.8, 4) is 0 Å². The Morgan fingerprint density at radius 3 is 2.94 bits per heavy atom. The normalized spacial score (nSPS) is 17.3. The molecule has 1 unspecified atom stereocenters. The van der Waals surface area contributed by atoms with Crippen LogP contribution in [0.4, 0.5) is 15.7 Å². The van der Waals surface area contributed by atoms with E-state index < -0.39 is 12.2 Å². The molecule has 12 nitrogen and oxygen atoms in total. The van der Waals surface area contributed by atoms with E-state index in [0.717, 1.165) is 23.5 Å². The number of ether oxygens (including phenoxy) is 1. The first-order valence-electron chi connectivity index (χ1n) is 9.79. The summed E-state index contributed by atoms with van der Waals surface area (Å²) in [6, 6.07) is 1.75. The quantitative estimate of drug-likeness (QED) is 0.370. The highest BCUT2D eigenvalue weighted by Gasteiger charge is 2.23. The second-order valence-electron chi connectivity index (χ2n) is 7.34. The molecule has 1 saturated heterocycles. The van der Waals surface area contributed by atoms with E-state index in [1.54, 1.807) is 6.07 Å².